The van der Waals surface area contributed by atoms with Crippen LogP contribution in [0.5, 0.6) is 11.5 Å². The average molecular weight is 572 g/mol. The summed E-state index contributed by atoms with van der Waals surface area (Å²) >= 11 is 0. The summed E-state index contributed by atoms with van der Waals surface area (Å²) in [6, 6.07) is 11.5. The van der Waals surface area contributed by atoms with Crippen LogP contribution in [0.25, 0.3) is 22.1 Å². The second-order valence-electron chi connectivity index (χ2n) is 9.97. The molecule has 4 heterocycles. The number of nitrogens with zero attached hydrogens (tertiary/aromatic N) is 7. The van der Waals surface area contributed by atoms with E-state index in [0.717, 1.165) is 11.6 Å². The number of carbonyl (C=O) groups excluding carboxylic acids is 1. The number of benzene rings is 2. The first-order valence-corrected chi connectivity index (χ1v) is 13.3. The van der Waals surface area contributed by atoms with Crippen LogP contribution in [0.2, 0.25) is 0 Å². The van der Waals surface area contributed by atoms with Gasteiger partial charge >= 0.3 is 0 Å². The largest absolute Gasteiger partial charge is 0.457 e. The Labute approximate surface area is 239 Å². The van der Waals surface area contributed by atoms with E-state index in [9.17, 15) is 9.18 Å². The van der Waals surface area contributed by atoms with Gasteiger partial charge in [0, 0.05) is 25.2 Å². The van der Waals surface area contributed by atoms with Crippen LogP contribution in [-0.2, 0) is 11.8 Å². The van der Waals surface area contributed by atoms with Crippen molar-refractivity contribution >= 4 is 45.3 Å². The standard InChI is InChI=1S/C29H27F2N9O2/c1-4-26(41)34-19-11-12-40(14-18(19)30)25-10-7-21-28(36-25)29(33-15-32-21)35-20-6-9-24(16(2)27(20)31)42-17-5-8-23-22(13-17)37-38-39(23)3/h4-10,13,15,18-19H,1,11-12,14H2,2-3H3,(H,34,41)(H,32,33,35)/t18-,19+/m0/s1. The van der Waals surface area contributed by atoms with Crippen LogP contribution >= 0.6 is 0 Å². The minimum absolute atomic E-state index is 0.0517. The fraction of sp³-hybridized carbons (Fsp3) is 0.241. The van der Waals surface area contributed by atoms with Gasteiger partial charge in [-0.1, -0.05) is 11.8 Å². The van der Waals surface area contributed by atoms with Gasteiger partial charge in [-0.15, -0.1) is 5.10 Å². The van der Waals surface area contributed by atoms with Gasteiger partial charge in [0.05, 0.1) is 29.3 Å². The second-order valence-corrected chi connectivity index (χ2v) is 9.97. The molecule has 13 heteroatoms. The normalized spacial score (nSPS) is 16.9. The van der Waals surface area contributed by atoms with Gasteiger partial charge in [-0.3, -0.25) is 4.79 Å². The number of pyridine rings is 1. The molecular weight excluding hydrogens is 544 g/mol. The highest BCUT2D eigenvalue weighted by Gasteiger charge is 2.30. The summed E-state index contributed by atoms with van der Waals surface area (Å²) in [4.78, 5) is 26.7. The highest BCUT2D eigenvalue weighted by molar-refractivity contribution is 5.88. The van der Waals surface area contributed by atoms with Crippen LogP contribution in [0, 0.1) is 12.7 Å². The average Bonchev–Trinajstić information content (AvgIpc) is 3.37. The number of anilines is 3. The maximum absolute atomic E-state index is 15.6. The maximum Gasteiger partial charge on any atom is 0.243 e. The van der Waals surface area contributed by atoms with Crippen molar-refractivity contribution < 1.29 is 18.3 Å². The predicted molar refractivity (Wildman–Crippen MR) is 154 cm³/mol. The Morgan fingerprint density at radius 3 is 2.83 bits per heavy atom. The highest BCUT2D eigenvalue weighted by atomic mass is 19.1. The number of rotatable bonds is 7. The minimum Gasteiger partial charge on any atom is -0.457 e. The number of hydrogen-bond acceptors (Lipinski definition) is 9. The van der Waals surface area contributed by atoms with Gasteiger partial charge in [0.15, 0.2) is 11.6 Å². The molecule has 2 N–H and O–H groups in total. The van der Waals surface area contributed by atoms with Crippen molar-refractivity contribution in [2.75, 3.05) is 23.3 Å². The van der Waals surface area contributed by atoms with E-state index in [0.29, 0.717) is 58.2 Å². The number of hydrogen-bond donors (Lipinski definition) is 2. The lowest BCUT2D eigenvalue weighted by Gasteiger charge is -2.35. The molecular formula is C29H27F2N9O2. The fourth-order valence-corrected chi connectivity index (χ4v) is 4.93. The van der Waals surface area contributed by atoms with Crippen molar-refractivity contribution in [3.63, 3.8) is 0 Å². The van der Waals surface area contributed by atoms with Gasteiger partial charge in [-0.2, -0.15) is 0 Å². The number of aromatic nitrogens is 6. The van der Waals surface area contributed by atoms with E-state index in [-0.39, 0.29) is 12.2 Å². The van der Waals surface area contributed by atoms with Gasteiger partial charge in [0.2, 0.25) is 5.91 Å². The lowest BCUT2D eigenvalue weighted by atomic mass is 10.0. The van der Waals surface area contributed by atoms with Crippen molar-refractivity contribution in [3.05, 3.63) is 72.8 Å². The van der Waals surface area contributed by atoms with Crippen LogP contribution in [0.1, 0.15) is 12.0 Å². The van der Waals surface area contributed by atoms with Crippen molar-refractivity contribution in [2.24, 2.45) is 7.05 Å². The van der Waals surface area contributed by atoms with E-state index in [1.807, 2.05) is 6.07 Å². The molecule has 1 saturated heterocycles. The van der Waals surface area contributed by atoms with Crippen molar-refractivity contribution in [2.45, 2.75) is 25.6 Å². The number of carbonyl (C=O) groups is 1. The molecule has 1 aliphatic rings. The summed E-state index contributed by atoms with van der Waals surface area (Å²) in [6.07, 6.45) is 1.61. The van der Waals surface area contributed by atoms with Crippen LogP contribution in [0.3, 0.4) is 0 Å². The molecule has 0 spiro atoms. The maximum atomic E-state index is 15.6. The second kappa shape index (κ2) is 11.0. The van der Waals surface area contributed by atoms with Gasteiger partial charge in [0.1, 0.15) is 40.8 Å². The fourth-order valence-electron chi connectivity index (χ4n) is 4.93. The molecule has 11 nitrogen and oxygen atoms in total. The van der Waals surface area contributed by atoms with E-state index in [1.165, 1.54) is 6.33 Å². The smallest absolute Gasteiger partial charge is 0.243 e. The van der Waals surface area contributed by atoms with E-state index in [2.05, 4.69) is 37.5 Å². The van der Waals surface area contributed by atoms with Gasteiger partial charge < -0.3 is 20.3 Å². The predicted octanol–water partition coefficient (Wildman–Crippen LogP) is 4.51. The molecule has 0 aliphatic carbocycles. The minimum atomic E-state index is -1.29. The Hall–Kier alpha value is -5.20. The Balaban J connectivity index is 1.22. The number of nitrogens with one attached hydrogen (secondary N) is 2. The Bertz CT molecular complexity index is 1830. The van der Waals surface area contributed by atoms with Crippen molar-refractivity contribution in [1.29, 1.82) is 0 Å². The van der Waals surface area contributed by atoms with Crippen molar-refractivity contribution in [3.8, 4) is 11.5 Å². The van der Waals surface area contributed by atoms with Crippen LogP contribution < -0.4 is 20.3 Å². The summed E-state index contributed by atoms with van der Waals surface area (Å²) in [5, 5.41) is 13.7. The molecule has 42 heavy (non-hydrogen) atoms. The zero-order valence-corrected chi connectivity index (χ0v) is 22.9. The Kier molecular flexibility index (Phi) is 7.07. The molecule has 3 aromatic heterocycles. The topological polar surface area (TPSA) is 123 Å². The van der Waals surface area contributed by atoms with E-state index < -0.39 is 23.9 Å². The van der Waals surface area contributed by atoms with Gasteiger partial charge in [-0.05, 0) is 55.8 Å². The Morgan fingerprint density at radius 2 is 2.02 bits per heavy atom. The third kappa shape index (κ3) is 5.16. The third-order valence-corrected chi connectivity index (χ3v) is 7.25. The number of aryl methyl sites for hydroxylation is 1. The van der Waals surface area contributed by atoms with E-state index in [4.69, 9.17) is 9.72 Å². The molecule has 214 valence electrons. The summed E-state index contributed by atoms with van der Waals surface area (Å²) in [6.45, 7) is 5.57. The summed E-state index contributed by atoms with van der Waals surface area (Å²) in [5.74, 6) is 0.761. The summed E-state index contributed by atoms with van der Waals surface area (Å²) in [5.41, 5.74) is 2.94. The van der Waals surface area contributed by atoms with Crippen LogP contribution in [0.4, 0.5) is 26.1 Å². The first-order chi connectivity index (χ1) is 20.3. The SMILES string of the molecule is C=CC(=O)N[C@@H]1CCN(c2ccc3ncnc(Nc4ccc(Oc5ccc6c(c5)nnn6C)c(C)c4F)c3n2)C[C@@H]1F. The molecule has 1 aliphatic heterocycles. The molecule has 1 fully saturated rings. The molecule has 6 rings (SSSR count). The molecule has 1 amide bonds. The number of piperidine rings is 1. The number of halogens is 2. The molecule has 0 saturated carbocycles. The number of fused-ring (bicyclic) bond motifs is 2. The highest BCUT2D eigenvalue weighted by Crippen LogP contribution is 2.34. The van der Waals surface area contributed by atoms with Gasteiger partial charge in [-0.25, -0.2) is 28.4 Å². The monoisotopic (exact) mass is 571 g/mol. The molecule has 0 bridgehead atoms. The number of ether oxygens (including phenoxy) is 1. The molecule has 0 unspecified atom stereocenters. The first-order valence-electron chi connectivity index (χ1n) is 13.3. The van der Waals surface area contributed by atoms with Crippen LogP contribution in [0.15, 0.2) is 61.4 Å². The van der Waals surface area contributed by atoms with Gasteiger partial charge in [0.25, 0.3) is 0 Å². The molecule has 0 radical (unpaired) electrons. The third-order valence-electron chi connectivity index (χ3n) is 7.25. The number of amides is 1. The Morgan fingerprint density at radius 1 is 1.17 bits per heavy atom. The zero-order chi connectivity index (χ0) is 29.4. The van der Waals surface area contributed by atoms with E-state index >= 15 is 4.39 Å². The number of alkyl halides is 1. The zero-order valence-electron chi connectivity index (χ0n) is 22.9. The molecule has 2 atom stereocenters. The quantitative estimate of drug-likeness (QED) is 0.272. The lowest BCUT2D eigenvalue weighted by molar-refractivity contribution is -0.117. The first kappa shape index (κ1) is 27.0. The lowest BCUT2D eigenvalue weighted by Crippen LogP contribution is -2.52. The molecule has 5 aromatic rings. The summed E-state index contributed by atoms with van der Waals surface area (Å²) < 4.78 is 38.0. The molecule has 2 aromatic carbocycles. The van der Waals surface area contributed by atoms with Crippen LogP contribution in [-0.4, -0.2) is 61.2 Å². The van der Waals surface area contributed by atoms with Crippen molar-refractivity contribution in [1.82, 2.24) is 35.3 Å². The summed E-state index contributed by atoms with van der Waals surface area (Å²) in [7, 11) is 1.80. The van der Waals surface area contributed by atoms with E-state index in [1.54, 1.807) is 60.0 Å².